The highest BCUT2D eigenvalue weighted by Gasteiger charge is 2.49. The van der Waals surface area contributed by atoms with Crippen molar-refractivity contribution in [1.82, 2.24) is 4.98 Å². The quantitative estimate of drug-likeness (QED) is 0.321. The number of aliphatic hydroxyl groups excluding tert-OH is 1. The number of anilines is 1. The second-order valence-electron chi connectivity index (χ2n) is 7.18. The number of carbonyl (C=O) groups is 2. The number of aromatic nitrogens is 1. The molecular formula is C23H18ClFN2O4S. The average Bonchev–Trinajstić information content (AvgIpc) is 3.23. The number of hydrogen-bond acceptors (Lipinski definition) is 6. The molecule has 1 aromatic heterocycles. The van der Waals surface area contributed by atoms with Crippen molar-refractivity contribution in [3.05, 3.63) is 80.6 Å². The largest absolute Gasteiger partial charge is 0.507 e. The molecule has 1 saturated heterocycles. The van der Waals surface area contributed by atoms with Crippen LogP contribution >= 0.6 is 22.9 Å². The van der Waals surface area contributed by atoms with Crippen LogP contribution in [0.1, 0.15) is 27.7 Å². The molecule has 32 heavy (non-hydrogen) atoms. The molecule has 1 aliphatic heterocycles. The summed E-state index contributed by atoms with van der Waals surface area (Å²) < 4.78 is 20.0. The molecule has 0 bridgehead atoms. The van der Waals surface area contributed by atoms with Gasteiger partial charge in [0.1, 0.15) is 23.4 Å². The van der Waals surface area contributed by atoms with E-state index < -0.39 is 29.3 Å². The first-order valence-corrected chi connectivity index (χ1v) is 10.8. The van der Waals surface area contributed by atoms with Gasteiger partial charge in [0, 0.05) is 16.0 Å². The number of nitrogens with zero attached hydrogens (tertiary/aromatic N) is 2. The number of hydrogen-bond donors (Lipinski definition) is 1. The highest BCUT2D eigenvalue weighted by molar-refractivity contribution is 7.16. The van der Waals surface area contributed by atoms with Gasteiger partial charge in [0.05, 0.1) is 23.4 Å². The van der Waals surface area contributed by atoms with Gasteiger partial charge < -0.3 is 9.84 Å². The van der Waals surface area contributed by atoms with Gasteiger partial charge in [-0.3, -0.25) is 14.5 Å². The number of Topliss-reactive ketones (excluding diaryl/α,β-unsaturated/α-hetero) is 1. The molecule has 0 radical (unpaired) electrons. The maximum atomic E-state index is 14.9. The Bertz CT molecular complexity index is 1270. The molecule has 1 N–H and O–H groups in total. The normalized spacial score (nSPS) is 17.8. The number of benzene rings is 2. The lowest BCUT2D eigenvalue weighted by atomic mass is 9.95. The van der Waals surface area contributed by atoms with Crippen LogP contribution in [0.15, 0.2) is 48.0 Å². The minimum absolute atomic E-state index is 0.0679. The van der Waals surface area contributed by atoms with Gasteiger partial charge in [0.2, 0.25) is 0 Å². The summed E-state index contributed by atoms with van der Waals surface area (Å²) in [7, 11) is 1.45. The first-order chi connectivity index (χ1) is 15.2. The summed E-state index contributed by atoms with van der Waals surface area (Å²) >= 11 is 7.40. The topological polar surface area (TPSA) is 79.7 Å². The second-order valence-corrected chi connectivity index (χ2v) is 8.77. The van der Waals surface area contributed by atoms with Crippen LogP contribution in [-0.2, 0) is 9.59 Å². The third-order valence-corrected chi connectivity index (χ3v) is 6.66. The smallest absolute Gasteiger partial charge is 0.301 e. The fourth-order valence-corrected chi connectivity index (χ4v) is 4.74. The maximum absolute atomic E-state index is 14.9. The Morgan fingerprint density at radius 3 is 2.53 bits per heavy atom. The van der Waals surface area contributed by atoms with Crippen molar-refractivity contribution >= 4 is 45.5 Å². The number of halogens is 2. The number of ether oxygens (including phenoxy) is 1. The van der Waals surface area contributed by atoms with Gasteiger partial charge in [-0.15, -0.1) is 11.3 Å². The summed E-state index contributed by atoms with van der Waals surface area (Å²) in [6, 6.07) is 9.06. The molecule has 4 rings (SSSR count). The van der Waals surface area contributed by atoms with Crippen molar-refractivity contribution in [3.63, 3.8) is 0 Å². The Kier molecular flexibility index (Phi) is 5.75. The van der Waals surface area contributed by atoms with E-state index >= 15 is 0 Å². The van der Waals surface area contributed by atoms with Crippen molar-refractivity contribution in [2.24, 2.45) is 0 Å². The maximum Gasteiger partial charge on any atom is 0.301 e. The summed E-state index contributed by atoms with van der Waals surface area (Å²) in [4.78, 5) is 32.5. The number of aryl methyl sites for hydroxylation is 2. The average molecular weight is 473 g/mol. The van der Waals surface area contributed by atoms with Crippen LogP contribution in [0.25, 0.3) is 5.76 Å². The molecular weight excluding hydrogens is 455 g/mol. The van der Waals surface area contributed by atoms with E-state index in [1.165, 1.54) is 54.8 Å². The first-order valence-electron chi connectivity index (χ1n) is 9.58. The Morgan fingerprint density at radius 2 is 1.94 bits per heavy atom. The number of carbonyl (C=O) groups excluding carboxylic acids is 2. The molecule has 6 nitrogen and oxygen atoms in total. The van der Waals surface area contributed by atoms with Gasteiger partial charge in [-0.05, 0) is 38.1 Å². The lowest BCUT2D eigenvalue weighted by Crippen LogP contribution is -2.29. The molecule has 0 saturated carbocycles. The monoisotopic (exact) mass is 472 g/mol. The van der Waals surface area contributed by atoms with Gasteiger partial charge in [-0.25, -0.2) is 9.37 Å². The molecule has 2 aromatic carbocycles. The van der Waals surface area contributed by atoms with E-state index in [2.05, 4.69) is 4.98 Å². The van der Waals surface area contributed by atoms with E-state index in [1.807, 2.05) is 6.92 Å². The zero-order chi connectivity index (χ0) is 23.2. The van der Waals surface area contributed by atoms with Crippen LogP contribution in [0.2, 0.25) is 5.02 Å². The Hall–Kier alpha value is -3.23. The van der Waals surface area contributed by atoms with Crippen LogP contribution in [0.5, 0.6) is 5.75 Å². The molecule has 3 aromatic rings. The van der Waals surface area contributed by atoms with Gasteiger partial charge in [0.25, 0.3) is 5.78 Å². The SMILES string of the molecule is COc1ccc(C(O)=C2C(=O)C(=O)N(c3nc(C)c(C)s3)[C@@H]2c2ccccc2F)cc1Cl. The molecule has 1 atom stereocenters. The molecule has 1 aliphatic rings. The lowest BCUT2D eigenvalue weighted by Gasteiger charge is -2.23. The van der Waals surface area contributed by atoms with Crippen molar-refractivity contribution in [2.45, 2.75) is 19.9 Å². The molecule has 0 aliphatic carbocycles. The van der Waals surface area contributed by atoms with E-state index in [-0.39, 0.29) is 26.9 Å². The first kappa shape index (κ1) is 22.0. The molecule has 9 heteroatoms. The summed E-state index contributed by atoms with van der Waals surface area (Å²) in [6.07, 6.45) is 0. The minimum atomic E-state index is -1.19. The predicted octanol–water partition coefficient (Wildman–Crippen LogP) is 5.19. The van der Waals surface area contributed by atoms with Crippen molar-refractivity contribution < 1.29 is 23.8 Å². The molecule has 164 valence electrons. The molecule has 0 spiro atoms. The van der Waals surface area contributed by atoms with Crippen LogP contribution in [0.3, 0.4) is 0 Å². The summed E-state index contributed by atoms with van der Waals surface area (Å²) in [5.41, 5.74) is 0.716. The van der Waals surface area contributed by atoms with Crippen LogP contribution < -0.4 is 9.64 Å². The molecule has 2 heterocycles. The highest BCUT2D eigenvalue weighted by atomic mass is 35.5. The summed E-state index contributed by atoms with van der Waals surface area (Å²) in [5.74, 6) is -2.54. The van der Waals surface area contributed by atoms with Crippen LogP contribution in [0.4, 0.5) is 9.52 Å². The van der Waals surface area contributed by atoms with E-state index in [1.54, 1.807) is 13.0 Å². The third-order valence-electron chi connectivity index (χ3n) is 5.29. The Balaban J connectivity index is 1.97. The molecule has 1 amide bonds. The molecule has 1 fully saturated rings. The van der Waals surface area contributed by atoms with E-state index in [4.69, 9.17) is 16.3 Å². The minimum Gasteiger partial charge on any atom is -0.507 e. The van der Waals surface area contributed by atoms with Crippen molar-refractivity contribution in [2.75, 3.05) is 12.0 Å². The van der Waals surface area contributed by atoms with Crippen LogP contribution in [-0.4, -0.2) is 28.9 Å². The van der Waals surface area contributed by atoms with Crippen molar-refractivity contribution in [3.8, 4) is 5.75 Å². The zero-order valence-electron chi connectivity index (χ0n) is 17.3. The van der Waals surface area contributed by atoms with E-state index in [0.717, 1.165) is 9.78 Å². The fourth-order valence-electron chi connectivity index (χ4n) is 3.55. The third kappa shape index (κ3) is 3.55. The molecule has 0 unspecified atom stereocenters. The highest BCUT2D eigenvalue weighted by Crippen LogP contribution is 2.44. The van der Waals surface area contributed by atoms with Gasteiger partial charge in [-0.2, -0.15) is 0 Å². The number of rotatable bonds is 4. The zero-order valence-corrected chi connectivity index (χ0v) is 18.9. The Labute approximate surface area is 192 Å². The van der Waals surface area contributed by atoms with Gasteiger partial charge >= 0.3 is 5.91 Å². The number of methoxy groups -OCH3 is 1. The van der Waals surface area contributed by atoms with E-state index in [0.29, 0.717) is 11.4 Å². The Morgan fingerprint density at radius 1 is 1.22 bits per heavy atom. The number of ketones is 1. The second kappa shape index (κ2) is 8.37. The number of aliphatic hydroxyl groups is 1. The van der Waals surface area contributed by atoms with Gasteiger partial charge in [-0.1, -0.05) is 29.8 Å². The lowest BCUT2D eigenvalue weighted by molar-refractivity contribution is -0.132. The number of thiazole rings is 1. The van der Waals surface area contributed by atoms with Gasteiger partial charge in [0.15, 0.2) is 5.13 Å². The van der Waals surface area contributed by atoms with Crippen LogP contribution in [0, 0.1) is 19.7 Å². The fraction of sp³-hybridized carbons (Fsp3) is 0.174. The number of amides is 1. The van der Waals surface area contributed by atoms with E-state index in [9.17, 15) is 19.1 Å². The summed E-state index contributed by atoms with van der Waals surface area (Å²) in [5, 5.41) is 11.5. The standard InChI is InChI=1S/C23H18ClFN2O4S/c1-11-12(2)32-23(26-11)27-19(14-6-4-5-7-16(14)25)18(21(29)22(27)30)20(28)13-8-9-17(31-3)15(24)10-13/h4-10,19,28H,1-3H3/t19-/m1/s1. The predicted molar refractivity (Wildman–Crippen MR) is 121 cm³/mol. The summed E-state index contributed by atoms with van der Waals surface area (Å²) in [6.45, 7) is 3.62. The van der Waals surface area contributed by atoms with Crippen molar-refractivity contribution in [1.29, 1.82) is 0 Å².